The third-order valence-electron chi connectivity index (χ3n) is 5.06. The summed E-state index contributed by atoms with van der Waals surface area (Å²) in [7, 11) is 0. The van der Waals surface area contributed by atoms with E-state index in [2.05, 4.69) is 59.3 Å². The van der Waals surface area contributed by atoms with Crippen molar-refractivity contribution in [3.05, 3.63) is 81.9 Å². The second-order valence-corrected chi connectivity index (χ2v) is 6.72. The molecular weight excluding hydrogens is 338 g/mol. The summed E-state index contributed by atoms with van der Waals surface area (Å²) in [6, 6.07) is 19.9. The number of nitrogens with zero attached hydrogens (tertiary/aromatic N) is 2. The fraction of sp³-hybridized carbons (Fsp3) is 0.182. The quantitative estimate of drug-likeness (QED) is 0.370. The zero-order valence-electron chi connectivity index (χ0n) is 15.4. The van der Waals surface area contributed by atoms with Gasteiger partial charge in [0.1, 0.15) is 0 Å². The summed E-state index contributed by atoms with van der Waals surface area (Å²) >= 11 is 0. The van der Waals surface area contributed by atoms with E-state index >= 15 is 0 Å². The van der Waals surface area contributed by atoms with Gasteiger partial charge in [0.2, 0.25) is 0 Å². The van der Waals surface area contributed by atoms with Crippen LogP contribution in [0.3, 0.4) is 0 Å². The van der Waals surface area contributed by atoms with Crippen LogP contribution in [0, 0.1) is 17.0 Å². The Balaban J connectivity index is 1.65. The highest BCUT2D eigenvalue weighted by atomic mass is 16.6. The fourth-order valence-electron chi connectivity index (χ4n) is 3.71. The Morgan fingerprint density at radius 1 is 1.00 bits per heavy atom. The lowest BCUT2D eigenvalue weighted by atomic mass is 10.1. The molecule has 5 heteroatoms. The summed E-state index contributed by atoms with van der Waals surface area (Å²) in [6.07, 6.45) is 0. The predicted octanol–water partition coefficient (Wildman–Crippen LogP) is 5.64. The first-order valence-corrected chi connectivity index (χ1v) is 9.07. The smallest absolute Gasteiger partial charge is 0.269 e. The average molecular weight is 359 g/mol. The predicted molar refractivity (Wildman–Crippen MR) is 110 cm³/mol. The second-order valence-electron chi connectivity index (χ2n) is 6.72. The van der Waals surface area contributed by atoms with Crippen molar-refractivity contribution in [1.29, 1.82) is 0 Å². The summed E-state index contributed by atoms with van der Waals surface area (Å²) in [5.74, 6) is 0. The number of benzene rings is 3. The molecule has 0 aliphatic carbocycles. The number of nitro benzene ring substituents is 1. The van der Waals surface area contributed by atoms with E-state index in [9.17, 15) is 10.1 Å². The maximum absolute atomic E-state index is 10.9. The summed E-state index contributed by atoms with van der Waals surface area (Å²) in [5.41, 5.74) is 5.58. The molecule has 0 fully saturated rings. The molecule has 0 spiro atoms. The van der Waals surface area contributed by atoms with E-state index in [1.54, 1.807) is 12.1 Å². The van der Waals surface area contributed by atoms with Crippen molar-refractivity contribution < 1.29 is 4.92 Å². The van der Waals surface area contributed by atoms with Crippen LogP contribution >= 0.6 is 0 Å². The number of para-hydroxylation sites is 1. The van der Waals surface area contributed by atoms with Gasteiger partial charge in [-0.15, -0.1) is 0 Å². The molecule has 1 aromatic heterocycles. The van der Waals surface area contributed by atoms with Crippen molar-refractivity contribution in [3.63, 3.8) is 0 Å². The monoisotopic (exact) mass is 359 g/mol. The Bertz CT molecular complexity index is 1160. The van der Waals surface area contributed by atoms with Crippen molar-refractivity contribution >= 4 is 33.2 Å². The van der Waals surface area contributed by atoms with E-state index in [-0.39, 0.29) is 10.6 Å². The van der Waals surface area contributed by atoms with Crippen molar-refractivity contribution in [3.8, 4) is 0 Å². The Morgan fingerprint density at radius 3 is 2.52 bits per heavy atom. The van der Waals surface area contributed by atoms with Gasteiger partial charge in [0.25, 0.3) is 5.69 Å². The number of hydrogen-bond acceptors (Lipinski definition) is 3. The highest BCUT2D eigenvalue weighted by Crippen LogP contribution is 2.30. The van der Waals surface area contributed by atoms with E-state index in [0.29, 0.717) is 6.54 Å². The standard InChI is InChI=1S/C22H21N3O2/c1-3-24-21-7-5-4-6-18(21)19-13-16(8-11-22(19)24)14-23-20-10-9-17(25(26)27)12-15(20)2/h4-13,23H,3,14H2,1-2H3. The topological polar surface area (TPSA) is 60.1 Å². The van der Waals surface area contributed by atoms with Gasteiger partial charge >= 0.3 is 0 Å². The number of hydrogen-bond donors (Lipinski definition) is 1. The lowest BCUT2D eigenvalue weighted by molar-refractivity contribution is -0.384. The van der Waals surface area contributed by atoms with Gasteiger partial charge in [-0.1, -0.05) is 24.3 Å². The SMILES string of the molecule is CCn1c2ccccc2c2cc(CNc3ccc([N+](=O)[O-])cc3C)ccc21. The van der Waals surface area contributed by atoms with Gasteiger partial charge in [0, 0.05) is 52.7 Å². The van der Waals surface area contributed by atoms with Crippen molar-refractivity contribution in [1.82, 2.24) is 4.57 Å². The molecule has 27 heavy (non-hydrogen) atoms. The molecular formula is C22H21N3O2. The van der Waals surface area contributed by atoms with Gasteiger partial charge in [0.15, 0.2) is 0 Å². The Kier molecular flexibility index (Phi) is 4.28. The number of rotatable bonds is 5. The zero-order chi connectivity index (χ0) is 19.0. The lowest BCUT2D eigenvalue weighted by Gasteiger charge is -2.10. The molecule has 0 aliphatic heterocycles. The molecule has 0 amide bonds. The van der Waals surface area contributed by atoms with E-state index in [1.807, 2.05) is 6.92 Å². The second kappa shape index (κ2) is 6.76. The molecule has 5 nitrogen and oxygen atoms in total. The Labute approximate surface area is 157 Å². The minimum Gasteiger partial charge on any atom is -0.381 e. The maximum Gasteiger partial charge on any atom is 0.269 e. The van der Waals surface area contributed by atoms with Crippen LogP contribution < -0.4 is 5.32 Å². The molecule has 0 saturated carbocycles. The van der Waals surface area contributed by atoms with Gasteiger partial charge < -0.3 is 9.88 Å². The molecule has 4 aromatic rings. The van der Waals surface area contributed by atoms with E-state index < -0.39 is 0 Å². The van der Waals surface area contributed by atoms with Gasteiger partial charge in [0.05, 0.1) is 4.92 Å². The first-order chi connectivity index (χ1) is 13.1. The van der Waals surface area contributed by atoms with E-state index in [4.69, 9.17) is 0 Å². The van der Waals surface area contributed by atoms with Crippen LogP contribution in [0.2, 0.25) is 0 Å². The summed E-state index contributed by atoms with van der Waals surface area (Å²) in [4.78, 5) is 10.5. The molecule has 0 unspecified atom stereocenters. The van der Waals surface area contributed by atoms with Crippen molar-refractivity contribution in [2.75, 3.05) is 5.32 Å². The fourth-order valence-corrected chi connectivity index (χ4v) is 3.71. The molecule has 0 aliphatic rings. The van der Waals surface area contributed by atoms with Crippen molar-refractivity contribution in [2.45, 2.75) is 26.9 Å². The van der Waals surface area contributed by atoms with Crippen LogP contribution in [0.5, 0.6) is 0 Å². The molecule has 1 heterocycles. The number of non-ortho nitro benzene ring substituents is 1. The molecule has 0 radical (unpaired) electrons. The summed E-state index contributed by atoms with van der Waals surface area (Å²) in [5, 5.41) is 16.8. The average Bonchev–Trinajstić information content (AvgIpc) is 3.00. The molecule has 0 atom stereocenters. The van der Waals surface area contributed by atoms with Gasteiger partial charge in [-0.3, -0.25) is 10.1 Å². The van der Waals surface area contributed by atoms with Crippen LogP contribution in [0.15, 0.2) is 60.7 Å². The molecule has 4 rings (SSSR count). The normalized spacial score (nSPS) is 11.2. The minimum atomic E-state index is -0.367. The number of aryl methyl sites for hydroxylation is 2. The summed E-state index contributed by atoms with van der Waals surface area (Å²) in [6.45, 7) is 5.65. The first kappa shape index (κ1) is 17.1. The minimum absolute atomic E-state index is 0.117. The molecule has 0 saturated heterocycles. The zero-order valence-corrected chi connectivity index (χ0v) is 15.4. The summed E-state index contributed by atoms with van der Waals surface area (Å²) < 4.78 is 2.34. The Morgan fingerprint density at radius 2 is 1.78 bits per heavy atom. The lowest BCUT2D eigenvalue weighted by Crippen LogP contribution is -2.01. The van der Waals surface area contributed by atoms with E-state index in [1.165, 1.54) is 33.4 Å². The Hall–Kier alpha value is -3.34. The van der Waals surface area contributed by atoms with Gasteiger partial charge in [-0.05, 0) is 49.2 Å². The van der Waals surface area contributed by atoms with Crippen LogP contribution in [0.1, 0.15) is 18.1 Å². The van der Waals surface area contributed by atoms with Crippen LogP contribution in [-0.4, -0.2) is 9.49 Å². The largest absolute Gasteiger partial charge is 0.381 e. The third kappa shape index (κ3) is 3.01. The van der Waals surface area contributed by atoms with Gasteiger partial charge in [-0.2, -0.15) is 0 Å². The molecule has 3 aromatic carbocycles. The van der Waals surface area contributed by atoms with E-state index in [0.717, 1.165) is 17.8 Å². The van der Waals surface area contributed by atoms with Crippen LogP contribution in [0.4, 0.5) is 11.4 Å². The van der Waals surface area contributed by atoms with Crippen LogP contribution in [0.25, 0.3) is 21.8 Å². The maximum atomic E-state index is 10.9. The molecule has 0 bridgehead atoms. The highest BCUT2D eigenvalue weighted by Gasteiger charge is 2.11. The van der Waals surface area contributed by atoms with Crippen LogP contribution in [-0.2, 0) is 13.1 Å². The third-order valence-corrected chi connectivity index (χ3v) is 5.06. The van der Waals surface area contributed by atoms with Crippen molar-refractivity contribution in [2.24, 2.45) is 0 Å². The number of anilines is 1. The number of fused-ring (bicyclic) bond motifs is 3. The number of aromatic nitrogens is 1. The first-order valence-electron chi connectivity index (χ1n) is 9.07. The highest BCUT2D eigenvalue weighted by molar-refractivity contribution is 6.08. The van der Waals surface area contributed by atoms with Gasteiger partial charge in [-0.25, -0.2) is 0 Å². The number of nitrogens with one attached hydrogen (secondary N) is 1. The molecule has 136 valence electrons. The number of nitro groups is 1. The molecule has 1 N–H and O–H groups in total.